The highest BCUT2D eigenvalue weighted by molar-refractivity contribution is 5.94. The zero-order chi connectivity index (χ0) is 20.8. The molecule has 6 nitrogen and oxygen atoms in total. The van der Waals surface area contributed by atoms with Crippen LogP contribution in [0.2, 0.25) is 0 Å². The van der Waals surface area contributed by atoms with E-state index in [0.717, 1.165) is 34.1 Å². The lowest BCUT2D eigenvalue weighted by molar-refractivity contribution is -0.121. The van der Waals surface area contributed by atoms with E-state index in [1.54, 1.807) is 7.11 Å². The maximum atomic E-state index is 12.1. The molecule has 0 spiro atoms. The first-order valence-corrected chi connectivity index (χ1v) is 9.93. The van der Waals surface area contributed by atoms with Crippen LogP contribution < -0.4 is 10.1 Å². The fourth-order valence-corrected chi connectivity index (χ4v) is 3.33. The van der Waals surface area contributed by atoms with E-state index in [2.05, 4.69) is 27.6 Å². The molecule has 0 aliphatic rings. The van der Waals surface area contributed by atoms with Gasteiger partial charge in [0.15, 0.2) is 0 Å². The molecule has 0 fully saturated rings. The molecule has 1 N–H and O–H groups in total. The Morgan fingerprint density at radius 3 is 2.63 bits per heavy atom. The molecule has 152 valence electrons. The summed E-state index contributed by atoms with van der Waals surface area (Å²) in [5.41, 5.74) is 2.07. The number of fused-ring (bicyclic) bond motifs is 1. The van der Waals surface area contributed by atoms with Gasteiger partial charge in [0.05, 0.1) is 7.11 Å². The van der Waals surface area contributed by atoms with Crippen molar-refractivity contribution in [2.45, 2.75) is 19.3 Å². The minimum Gasteiger partial charge on any atom is -0.497 e. The second-order valence-electron chi connectivity index (χ2n) is 6.99. The van der Waals surface area contributed by atoms with Gasteiger partial charge in [-0.15, -0.1) is 0 Å². The van der Waals surface area contributed by atoms with Gasteiger partial charge in [0.25, 0.3) is 0 Å². The number of rotatable bonds is 8. The van der Waals surface area contributed by atoms with Crippen molar-refractivity contribution in [3.63, 3.8) is 0 Å². The number of aromatic nitrogens is 2. The summed E-state index contributed by atoms with van der Waals surface area (Å²) in [5.74, 6) is 1.79. The third-order valence-electron chi connectivity index (χ3n) is 4.96. The van der Waals surface area contributed by atoms with Crippen LogP contribution in [0.15, 0.2) is 71.3 Å². The SMILES string of the molecule is COc1ccc(CCNC(=O)CCc2nc(-c3cccc4ccccc34)no2)cc1. The van der Waals surface area contributed by atoms with Crippen molar-refractivity contribution in [1.82, 2.24) is 15.5 Å². The van der Waals surface area contributed by atoms with E-state index in [9.17, 15) is 4.79 Å². The molecule has 1 amide bonds. The Morgan fingerprint density at radius 2 is 1.80 bits per heavy atom. The van der Waals surface area contributed by atoms with Crippen LogP contribution in [0, 0.1) is 0 Å². The first kappa shape index (κ1) is 19.6. The van der Waals surface area contributed by atoms with E-state index in [4.69, 9.17) is 9.26 Å². The third-order valence-corrected chi connectivity index (χ3v) is 4.96. The molecule has 4 rings (SSSR count). The van der Waals surface area contributed by atoms with Crippen LogP contribution in [0.3, 0.4) is 0 Å². The highest BCUT2D eigenvalue weighted by Crippen LogP contribution is 2.26. The molecule has 3 aromatic carbocycles. The van der Waals surface area contributed by atoms with Crippen LogP contribution in [0.1, 0.15) is 17.9 Å². The summed E-state index contributed by atoms with van der Waals surface area (Å²) in [5, 5.41) is 9.23. The Balaban J connectivity index is 1.29. The Labute approximate surface area is 174 Å². The van der Waals surface area contributed by atoms with Crippen molar-refractivity contribution in [2.24, 2.45) is 0 Å². The molecular weight excluding hydrogens is 378 g/mol. The fourth-order valence-electron chi connectivity index (χ4n) is 3.33. The zero-order valence-corrected chi connectivity index (χ0v) is 16.8. The maximum Gasteiger partial charge on any atom is 0.227 e. The third kappa shape index (κ3) is 4.66. The smallest absolute Gasteiger partial charge is 0.227 e. The van der Waals surface area contributed by atoms with E-state index in [1.807, 2.05) is 54.6 Å². The molecule has 0 atom stereocenters. The van der Waals surface area contributed by atoms with Gasteiger partial charge in [0.1, 0.15) is 5.75 Å². The molecule has 0 aliphatic carbocycles. The molecule has 0 saturated carbocycles. The van der Waals surface area contributed by atoms with Crippen molar-refractivity contribution >= 4 is 16.7 Å². The predicted octanol–water partition coefficient (Wildman–Crippen LogP) is 4.19. The number of methoxy groups -OCH3 is 1. The highest BCUT2D eigenvalue weighted by Gasteiger charge is 2.12. The lowest BCUT2D eigenvalue weighted by atomic mass is 10.0. The van der Waals surface area contributed by atoms with Crippen molar-refractivity contribution in [2.75, 3.05) is 13.7 Å². The van der Waals surface area contributed by atoms with Gasteiger partial charge < -0.3 is 14.6 Å². The van der Waals surface area contributed by atoms with Gasteiger partial charge in [-0.1, -0.05) is 59.8 Å². The van der Waals surface area contributed by atoms with Gasteiger partial charge >= 0.3 is 0 Å². The minimum absolute atomic E-state index is 0.0339. The van der Waals surface area contributed by atoms with Crippen LogP contribution in [-0.4, -0.2) is 29.7 Å². The summed E-state index contributed by atoms with van der Waals surface area (Å²) in [6, 6.07) is 21.9. The molecular formula is C24H23N3O3. The minimum atomic E-state index is -0.0339. The monoisotopic (exact) mass is 401 g/mol. The largest absolute Gasteiger partial charge is 0.497 e. The Bertz CT molecular complexity index is 1130. The molecule has 4 aromatic rings. The molecule has 0 aliphatic heterocycles. The standard InChI is InChI=1S/C24H23N3O3/c1-29-19-11-9-17(10-12-19)15-16-25-22(28)13-14-23-26-24(27-30-23)21-8-4-6-18-5-2-3-7-20(18)21/h2-12H,13-16H2,1H3,(H,25,28). The first-order valence-electron chi connectivity index (χ1n) is 9.93. The number of carbonyl (C=O) groups is 1. The lowest BCUT2D eigenvalue weighted by Gasteiger charge is -2.05. The number of aryl methyl sites for hydroxylation is 1. The van der Waals surface area contributed by atoms with Crippen LogP contribution in [-0.2, 0) is 17.6 Å². The predicted molar refractivity (Wildman–Crippen MR) is 115 cm³/mol. The van der Waals surface area contributed by atoms with Crippen molar-refractivity contribution < 1.29 is 14.1 Å². The number of carbonyl (C=O) groups excluding carboxylic acids is 1. The summed E-state index contributed by atoms with van der Waals surface area (Å²) in [7, 11) is 1.64. The molecule has 30 heavy (non-hydrogen) atoms. The summed E-state index contributed by atoms with van der Waals surface area (Å²) >= 11 is 0. The van der Waals surface area contributed by atoms with E-state index in [0.29, 0.717) is 31.1 Å². The summed E-state index contributed by atoms with van der Waals surface area (Å²) in [4.78, 5) is 16.6. The van der Waals surface area contributed by atoms with Crippen LogP contribution >= 0.6 is 0 Å². The van der Waals surface area contributed by atoms with E-state index in [1.165, 1.54) is 0 Å². The van der Waals surface area contributed by atoms with E-state index in [-0.39, 0.29) is 5.91 Å². The fraction of sp³-hybridized carbons (Fsp3) is 0.208. The number of benzene rings is 3. The maximum absolute atomic E-state index is 12.1. The molecule has 0 unspecified atom stereocenters. The second kappa shape index (κ2) is 9.22. The number of amides is 1. The number of hydrogen-bond acceptors (Lipinski definition) is 5. The molecule has 0 saturated heterocycles. The van der Waals surface area contributed by atoms with Crippen molar-refractivity contribution in [3.8, 4) is 17.1 Å². The van der Waals surface area contributed by atoms with Gasteiger partial charge in [0, 0.05) is 24.9 Å². The van der Waals surface area contributed by atoms with Crippen LogP contribution in [0.25, 0.3) is 22.2 Å². The van der Waals surface area contributed by atoms with E-state index >= 15 is 0 Å². The average molecular weight is 401 g/mol. The number of ether oxygens (including phenoxy) is 1. The lowest BCUT2D eigenvalue weighted by Crippen LogP contribution is -2.25. The van der Waals surface area contributed by atoms with E-state index < -0.39 is 0 Å². The molecule has 1 heterocycles. The van der Waals surface area contributed by atoms with Crippen LogP contribution in [0.4, 0.5) is 0 Å². The van der Waals surface area contributed by atoms with Gasteiger partial charge in [-0.3, -0.25) is 4.79 Å². The first-order chi connectivity index (χ1) is 14.7. The Kier molecular flexibility index (Phi) is 6.03. The Hall–Kier alpha value is -3.67. The average Bonchev–Trinajstić information content (AvgIpc) is 3.27. The molecule has 0 bridgehead atoms. The molecule has 6 heteroatoms. The van der Waals surface area contributed by atoms with Crippen LogP contribution in [0.5, 0.6) is 5.75 Å². The normalized spacial score (nSPS) is 10.8. The van der Waals surface area contributed by atoms with Gasteiger partial charge in [0.2, 0.25) is 17.6 Å². The quantitative estimate of drug-likeness (QED) is 0.479. The molecule has 0 radical (unpaired) electrons. The number of nitrogens with zero attached hydrogens (tertiary/aromatic N) is 2. The number of hydrogen-bond donors (Lipinski definition) is 1. The van der Waals surface area contributed by atoms with Crippen molar-refractivity contribution in [1.29, 1.82) is 0 Å². The molecule has 1 aromatic heterocycles. The summed E-state index contributed by atoms with van der Waals surface area (Å²) < 4.78 is 10.5. The number of nitrogens with one attached hydrogen (secondary N) is 1. The van der Waals surface area contributed by atoms with Gasteiger partial charge in [-0.2, -0.15) is 4.98 Å². The van der Waals surface area contributed by atoms with Crippen molar-refractivity contribution in [3.05, 3.63) is 78.2 Å². The summed E-state index contributed by atoms with van der Waals surface area (Å²) in [6.07, 6.45) is 1.48. The van der Waals surface area contributed by atoms with Gasteiger partial charge in [-0.25, -0.2) is 0 Å². The highest BCUT2D eigenvalue weighted by atomic mass is 16.5. The second-order valence-corrected chi connectivity index (χ2v) is 6.99. The van der Waals surface area contributed by atoms with Gasteiger partial charge in [-0.05, 0) is 34.9 Å². The topological polar surface area (TPSA) is 77.2 Å². The summed E-state index contributed by atoms with van der Waals surface area (Å²) in [6.45, 7) is 0.580. The Morgan fingerprint density at radius 1 is 1.00 bits per heavy atom. The zero-order valence-electron chi connectivity index (χ0n) is 16.8.